The minimum Gasteiger partial charge on any atom is -0.376 e. The summed E-state index contributed by atoms with van der Waals surface area (Å²) in [6.07, 6.45) is 8.06. The number of aliphatic imine (C=N–C) groups is 1. The topological polar surface area (TPSA) is 88.7 Å². The van der Waals surface area contributed by atoms with Gasteiger partial charge in [-0.3, -0.25) is 9.79 Å². The van der Waals surface area contributed by atoms with E-state index in [4.69, 9.17) is 10.5 Å². The van der Waals surface area contributed by atoms with Gasteiger partial charge in [-0.15, -0.1) is 0 Å². The highest BCUT2D eigenvalue weighted by Crippen LogP contribution is 2.19. The molecule has 0 heterocycles. The van der Waals surface area contributed by atoms with Gasteiger partial charge < -0.3 is 21.1 Å². The van der Waals surface area contributed by atoms with Crippen LogP contribution in [0.25, 0.3) is 0 Å². The molecular formula is C19H30N4O2. The van der Waals surface area contributed by atoms with E-state index in [0.29, 0.717) is 24.8 Å². The Hall–Kier alpha value is -2.08. The third kappa shape index (κ3) is 7.13. The first-order valence-electron chi connectivity index (χ1n) is 9.14. The van der Waals surface area contributed by atoms with Gasteiger partial charge in [0, 0.05) is 25.7 Å². The van der Waals surface area contributed by atoms with E-state index in [9.17, 15) is 4.79 Å². The van der Waals surface area contributed by atoms with Crippen LogP contribution in [0.1, 0.15) is 54.4 Å². The molecule has 1 saturated carbocycles. The Bertz CT molecular complexity index is 549. The summed E-state index contributed by atoms with van der Waals surface area (Å²) in [5, 5.41) is 6.51. The summed E-state index contributed by atoms with van der Waals surface area (Å²) in [5.74, 6) is 0.328. The van der Waals surface area contributed by atoms with Crippen LogP contribution in [0.2, 0.25) is 0 Å². The number of hydrogen-bond acceptors (Lipinski definition) is 3. The Morgan fingerprint density at radius 1 is 1.16 bits per heavy atom. The highest BCUT2D eigenvalue weighted by molar-refractivity contribution is 5.92. The van der Waals surface area contributed by atoms with Crippen molar-refractivity contribution < 1.29 is 9.53 Å². The lowest BCUT2D eigenvalue weighted by Crippen LogP contribution is -2.38. The van der Waals surface area contributed by atoms with Crippen molar-refractivity contribution in [1.82, 2.24) is 10.6 Å². The van der Waals surface area contributed by atoms with E-state index in [1.807, 2.05) is 12.1 Å². The minimum atomic E-state index is -0.411. The third-order valence-electron chi connectivity index (χ3n) is 4.47. The predicted molar refractivity (Wildman–Crippen MR) is 101 cm³/mol. The zero-order valence-corrected chi connectivity index (χ0v) is 15.1. The quantitative estimate of drug-likeness (QED) is 0.306. The molecule has 0 aromatic heterocycles. The van der Waals surface area contributed by atoms with Crippen LogP contribution in [-0.4, -0.2) is 38.2 Å². The van der Waals surface area contributed by atoms with Crippen molar-refractivity contribution in [1.29, 1.82) is 0 Å². The molecule has 6 nitrogen and oxygen atoms in total. The molecule has 1 fully saturated rings. The fraction of sp³-hybridized carbons (Fsp3) is 0.579. The van der Waals surface area contributed by atoms with Gasteiger partial charge in [0.25, 0.3) is 0 Å². The maximum Gasteiger partial charge on any atom is 0.248 e. The first kappa shape index (κ1) is 19.2. The molecule has 0 saturated heterocycles. The average Bonchev–Trinajstić information content (AvgIpc) is 2.90. The maximum atomic E-state index is 11.1. The van der Waals surface area contributed by atoms with Crippen LogP contribution in [0, 0.1) is 0 Å². The second kappa shape index (κ2) is 10.7. The monoisotopic (exact) mass is 346 g/mol. The number of primary amides is 1. The lowest BCUT2D eigenvalue weighted by molar-refractivity contribution is 0.0468. The molecule has 4 N–H and O–H groups in total. The van der Waals surface area contributed by atoms with E-state index in [0.717, 1.165) is 18.1 Å². The Labute approximate surface area is 150 Å². The molecule has 1 aromatic carbocycles. The van der Waals surface area contributed by atoms with Gasteiger partial charge in [0.2, 0.25) is 5.91 Å². The fourth-order valence-electron chi connectivity index (χ4n) is 3.00. The summed E-state index contributed by atoms with van der Waals surface area (Å²) in [4.78, 5) is 15.3. The summed E-state index contributed by atoms with van der Waals surface area (Å²) < 4.78 is 5.97. The third-order valence-corrected chi connectivity index (χ3v) is 4.47. The number of nitrogens with one attached hydrogen (secondary N) is 2. The van der Waals surface area contributed by atoms with E-state index >= 15 is 0 Å². The molecule has 0 atom stereocenters. The molecule has 1 aromatic rings. The number of benzene rings is 1. The predicted octanol–water partition coefficient (Wildman–Crippen LogP) is 2.19. The number of nitrogens with zero attached hydrogens (tertiary/aromatic N) is 1. The summed E-state index contributed by atoms with van der Waals surface area (Å²) in [7, 11) is 1.75. The molecule has 0 radical (unpaired) electrons. The van der Waals surface area contributed by atoms with Gasteiger partial charge in [-0.25, -0.2) is 0 Å². The number of nitrogens with two attached hydrogens (primary N) is 1. The molecule has 1 aliphatic rings. The molecule has 0 bridgehead atoms. The van der Waals surface area contributed by atoms with Crippen molar-refractivity contribution in [2.75, 3.05) is 20.2 Å². The number of guanidine groups is 1. The van der Waals surface area contributed by atoms with E-state index in [-0.39, 0.29) is 0 Å². The number of rotatable bonds is 7. The summed E-state index contributed by atoms with van der Waals surface area (Å²) in [5.41, 5.74) is 6.82. The smallest absolute Gasteiger partial charge is 0.248 e. The summed E-state index contributed by atoms with van der Waals surface area (Å²) >= 11 is 0. The Morgan fingerprint density at radius 2 is 1.84 bits per heavy atom. The largest absolute Gasteiger partial charge is 0.376 e. The van der Waals surface area contributed by atoms with Gasteiger partial charge in [-0.05, 0) is 30.5 Å². The van der Waals surface area contributed by atoms with Crippen molar-refractivity contribution in [2.24, 2.45) is 10.7 Å². The van der Waals surface area contributed by atoms with Crippen LogP contribution < -0.4 is 16.4 Å². The van der Waals surface area contributed by atoms with Crippen LogP contribution in [0.3, 0.4) is 0 Å². The standard InChI is InChI=1S/C19H30N4O2/c1-21-19(22-12-13-25-17-6-4-2-3-5-7-17)23-14-15-8-10-16(11-9-15)18(20)24/h8-11,17H,2-7,12-14H2,1H3,(H2,20,24)(H2,21,22,23). The Morgan fingerprint density at radius 3 is 2.44 bits per heavy atom. The van der Waals surface area contributed by atoms with Crippen LogP contribution >= 0.6 is 0 Å². The van der Waals surface area contributed by atoms with Gasteiger partial charge in [-0.2, -0.15) is 0 Å². The second-order valence-electron chi connectivity index (χ2n) is 6.40. The first-order chi connectivity index (χ1) is 12.2. The van der Waals surface area contributed by atoms with Gasteiger partial charge >= 0.3 is 0 Å². The Kier molecular flexibility index (Phi) is 8.25. The molecular weight excluding hydrogens is 316 g/mol. The molecule has 1 amide bonds. The summed E-state index contributed by atoms with van der Waals surface area (Å²) in [6.45, 7) is 2.05. The normalized spacial score (nSPS) is 16.3. The SMILES string of the molecule is CN=C(NCCOC1CCCCCC1)NCc1ccc(C(N)=O)cc1. The highest BCUT2D eigenvalue weighted by Gasteiger charge is 2.12. The fourth-order valence-corrected chi connectivity index (χ4v) is 3.00. The molecule has 25 heavy (non-hydrogen) atoms. The van der Waals surface area contributed by atoms with E-state index in [1.165, 1.54) is 38.5 Å². The summed E-state index contributed by atoms with van der Waals surface area (Å²) in [6, 6.07) is 7.23. The minimum absolute atomic E-state index is 0.411. The highest BCUT2D eigenvalue weighted by atomic mass is 16.5. The number of ether oxygens (including phenoxy) is 1. The number of carbonyl (C=O) groups excluding carboxylic acids is 1. The number of amides is 1. The van der Waals surface area contributed by atoms with E-state index in [2.05, 4.69) is 15.6 Å². The maximum absolute atomic E-state index is 11.1. The number of hydrogen-bond donors (Lipinski definition) is 3. The van der Waals surface area contributed by atoms with Gasteiger partial charge in [-0.1, -0.05) is 37.8 Å². The van der Waals surface area contributed by atoms with E-state index in [1.54, 1.807) is 19.2 Å². The van der Waals surface area contributed by atoms with Crippen LogP contribution in [0.15, 0.2) is 29.3 Å². The van der Waals surface area contributed by atoms with Crippen LogP contribution in [0.4, 0.5) is 0 Å². The molecule has 2 rings (SSSR count). The molecule has 1 aliphatic carbocycles. The van der Waals surface area contributed by atoms with Crippen molar-refractivity contribution >= 4 is 11.9 Å². The lowest BCUT2D eigenvalue weighted by atomic mass is 10.1. The van der Waals surface area contributed by atoms with Crippen LogP contribution in [-0.2, 0) is 11.3 Å². The zero-order chi connectivity index (χ0) is 17.9. The van der Waals surface area contributed by atoms with Gasteiger partial charge in [0.15, 0.2) is 5.96 Å². The van der Waals surface area contributed by atoms with Gasteiger partial charge in [0.05, 0.1) is 12.7 Å². The first-order valence-corrected chi connectivity index (χ1v) is 9.14. The van der Waals surface area contributed by atoms with Crippen molar-refractivity contribution in [3.8, 4) is 0 Å². The lowest BCUT2D eigenvalue weighted by Gasteiger charge is -2.17. The average molecular weight is 346 g/mol. The molecule has 0 unspecified atom stereocenters. The van der Waals surface area contributed by atoms with Crippen molar-refractivity contribution in [3.63, 3.8) is 0 Å². The van der Waals surface area contributed by atoms with Crippen molar-refractivity contribution in [3.05, 3.63) is 35.4 Å². The van der Waals surface area contributed by atoms with Crippen molar-refractivity contribution in [2.45, 2.75) is 51.2 Å². The molecule has 0 spiro atoms. The van der Waals surface area contributed by atoms with E-state index < -0.39 is 5.91 Å². The molecule has 6 heteroatoms. The second-order valence-corrected chi connectivity index (χ2v) is 6.40. The van der Waals surface area contributed by atoms with Gasteiger partial charge in [0.1, 0.15) is 0 Å². The zero-order valence-electron chi connectivity index (χ0n) is 15.1. The molecule has 0 aliphatic heterocycles. The Balaban J connectivity index is 1.65. The number of carbonyl (C=O) groups is 1. The van der Waals surface area contributed by atoms with Crippen LogP contribution in [0.5, 0.6) is 0 Å². The molecule has 138 valence electrons.